The van der Waals surface area contributed by atoms with Crippen LogP contribution in [0.5, 0.6) is 0 Å². The molecule has 1 aromatic rings. The molecule has 1 heterocycles. The smallest absolute Gasteiger partial charge is 0.0273 e. The first-order valence-corrected chi connectivity index (χ1v) is 7.11. The van der Waals surface area contributed by atoms with Crippen molar-refractivity contribution in [1.29, 1.82) is 0 Å². The Morgan fingerprint density at radius 1 is 1.35 bits per heavy atom. The SMILES string of the molecule is Cc1ccc(C=C(CNC(C)(C)C)C(C)C)s1. The summed E-state index contributed by atoms with van der Waals surface area (Å²) >= 11 is 1.86. The van der Waals surface area contributed by atoms with Crippen LogP contribution in [0.4, 0.5) is 0 Å². The van der Waals surface area contributed by atoms with Crippen molar-refractivity contribution in [1.82, 2.24) is 5.32 Å². The Bertz CT molecular complexity index is 380. The Hall–Kier alpha value is -0.600. The molecule has 0 fully saturated rings. The molecule has 0 aromatic carbocycles. The summed E-state index contributed by atoms with van der Waals surface area (Å²) in [6.45, 7) is 14.3. The minimum Gasteiger partial charge on any atom is -0.308 e. The third kappa shape index (κ3) is 5.51. The van der Waals surface area contributed by atoms with Crippen molar-refractivity contribution >= 4 is 17.4 Å². The van der Waals surface area contributed by atoms with Crippen molar-refractivity contribution in [3.63, 3.8) is 0 Å². The van der Waals surface area contributed by atoms with Crippen molar-refractivity contribution in [3.8, 4) is 0 Å². The molecular weight excluding hydrogens is 226 g/mol. The zero-order valence-electron chi connectivity index (χ0n) is 11.9. The van der Waals surface area contributed by atoms with Crippen molar-refractivity contribution < 1.29 is 0 Å². The second-order valence-corrected chi connectivity index (χ2v) is 7.25. The van der Waals surface area contributed by atoms with E-state index in [0.29, 0.717) is 5.92 Å². The molecule has 1 rings (SSSR count). The number of thiophene rings is 1. The van der Waals surface area contributed by atoms with E-state index in [1.807, 2.05) is 11.3 Å². The zero-order chi connectivity index (χ0) is 13.1. The van der Waals surface area contributed by atoms with Gasteiger partial charge in [-0.15, -0.1) is 11.3 Å². The van der Waals surface area contributed by atoms with E-state index >= 15 is 0 Å². The van der Waals surface area contributed by atoms with E-state index < -0.39 is 0 Å². The summed E-state index contributed by atoms with van der Waals surface area (Å²) in [5.41, 5.74) is 1.65. The minimum absolute atomic E-state index is 0.180. The molecule has 0 spiro atoms. The summed E-state index contributed by atoms with van der Waals surface area (Å²) in [4.78, 5) is 2.74. The van der Waals surface area contributed by atoms with E-state index in [9.17, 15) is 0 Å². The maximum atomic E-state index is 3.57. The van der Waals surface area contributed by atoms with E-state index in [-0.39, 0.29) is 5.54 Å². The van der Waals surface area contributed by atoms with Crippen LogP contribution in [-0.4, -0.2) is 12.1 Å². The zero-order valence-corrected chi connectivity index (χ0v) is 12.7. The minimum atomic E-state index is 0.180. The lowest BCUT2D eigenvalue weighted by Gasteiger charge is -2.23. The summed E-state index contributed by atoms with van der Waals surface area (Å²) in [5, 5.41) is 3.57. The quantitative estimate of drug-likeness (QED) is 0.831. The molecule has 0 saturated carbocycles. The average Bonchev–Trinajstić information content (AvgIpc) is 2.56. The fraction of sp³-hybridized carbons (Fsp3) is 0.600. The molecule has 17 heavy (non-hydrogen) atoms. The van der Waals surface area contributed by atoms with Crippen LogP contribution in [0.1, 0.15) is 44.4 Å². The topological polar surface area (TPSA) is 12.0 Å². The summed E-state index contributed by atoms with van der Waals surface area (Å²) in [6, 6.07) is 4.39. The lowest BCUT2D eigenvalue weighted by Crippen LogP contribution is -2.37. The van der Waals surface area contributed by atoms with Gasteiger partial charge in [-0.05, 0) is 51.8 Å². The Labute approximate surface area is 110 Å². The summed E-state index contributed by atoms with van der Waals surface area (Å²) in [5.74, 6) is 0.590. The molecule has 96 valence electrons. The molecule has 0 amide bonds. The van der Waals surface area contributed by atoms with E-state index in [0.717, 1.165) is 6.54 Å². The molecule has 0 aliphatic rings. The molecule has 1 aromatic heterocycles. The average molecular weight is 251 g/mol. The fourth-order valence-electron chi connectivity index (χ4n) is 1.50. The van der Waals surface area contributed by atoms with Crippen molar-refractivity contribution in [3.05, 3.63) is 27.5 Å². The molecule has 0 aliphatic heterocycles. The normalized spacial score (nSPS) is 13.5. The first-order chi connectivity index (χ1) is 7.78. The molecule has 0 atom stereocenters. The second-order valence-electron chi connectivity index (χ2n) is 5.93. The number of rotatable bonds is 4. The van der Waals surface area contributed by atoms with Crippen LogP contribution in [-0.2, 0) is 0 Å². The molecule has 0 aliphatic carbocycles. The van der Waals surface area contributed by atoms with Gasteiger partial charge in [0.2, 0.25) is 0 Å². The lowest BCUT2D eigenvalue weighted by atomic mass is 10.0. The number of hydrogen-bond acceptors (Lipinski definition) is 2. The van der Waals surface area contributed by atoms with Crippen molar-refractivity contribution in [2.45, 2.75) is 47.1 Å². The van der Waals surface area contributed by atoms with Crippen LogP contribution in [0, 0.1) is 12.8 Å². The Morgan fingerprint density at radius 2 is 2.00 bits per heavy atom. The molecule has 0 radical (unpaired) electrons. The van der Waals surface area contributed by atoms with E-state index in [1.165, 1.54) is 15.3 Å². The van der Waals surface area contributed by atoms with Gasteiger partial charge in [-0.25, -0.2) is 0 Å². The van der Waals surface area contributed by atoms with Crippen LogP contribution in [0.25, 0.3) is 6.08 Å². The van der Waals surface area contributed by atoms with E-state index in [2.05, 4.69) is 65.1 Å². The standard InChI is InChI=1S/C15H25NS/c1-11(2)13(10-16-15(4,5)6)9-14-8-7-12(3)17-14/h7-9,11,16H,10H2,1-6H3. The lowest BCUT2D eigenvalue weighted by molar-refractivity contribution is 0.437. The first-order valence-electron chi connectivity index (χ1n) is 6.30. The summed E-state index contributed by atoms with van der Waals surface area (Å²) < 4.78 is 0. The maximum Gasteiger partial charge on any atom is 0.0273 e. The molecule has 0 saturated heterocycles. The summed E-state index contributed by atoms with van der Waals surface area (Å²) in [7, 11) is 0. The molecule has 0 unspecified atom stereocenters. The Kier molecular flexibility index (Phi) is 4.96. The van der Waals surface area contributed by atoms with Gasteiger partial charge in [0.15, 0.2) is 0 Å². The van der Waals surface area contributed by atoms with Gasteiger partial charge in [0, 0.05) is 21.8 Å². The highest BCUT2D eigenvalue weighted by Crippen LogP contribution is 2.21. The van der Waals surface area contributed by atoms with E-state index in [1.54, 1.807) is 0 Å². The van der Waals surface area contributed by atoms with Gasteiger partial charge in [0.25, 0.3) is 0 Å². The molecule has 2 heteroatoms. The highest BCUT2D eigenvalue weighted by molar-refractivity contribution is 7.12. The van der Waals surface area contributed by atoms with Crippen LogP contribution in [0.15, 0.2) is 17.7 Å². The third-order valence-corrected chi connectivity index (χ3v) is 3.60. The first kappa shape index (κ1) is 14.5. The van der Waals surface area contributed by atoms with Gasteiger partial charge in [0.05, 0.1) is 0 Å². The predicted octanol–water partition coefficient (Wildman–Crippen LogP) is 4.48. The van der Waals surface area contributed by atoms with E-state index in [4.69, 9.17) is 0 Å². The fourth-order valence-corrected chi connectivity index (χ4v) is 2.36. The number of hydrogen-bond donors (Lipinski definition) is 1. The van der Waals surface area contributed by atoms with Gasteiger partial charge in [0.1, 0.15) is 0 Å². The highest BCUT2D eigenvalue weighted by atomic mass is 32.1. The monoisotopic (exact) mass is 251 g/mol. The van der Waals surface area contributed by atoms with Crippen LogP contribution < -0.4 is 5.32 Å². The number of nitrogens with one attached hydrogen (secondary N) is 1. The molecule has 1 N–H and O–H groups in total. The largest absolute Gasteiger partial charge is 0.308 e. The maximum absolute atomic E-state index is 3.57. The van der Waals surface area contributed by atoms with Gasteiger partial charge >= 0.3 is 0 Å². The van der Waals surface area contributed by atoms with Crippen LogP contribution in [0.2, 0.25) is 0 Å². The van der Waals surface area contributed by atoms with Gasteiger partial charge < -0.3 is 5.32 Å². The van der Waals surface area contributed by atoms with Crippen LogP contribution in [0.3, 0.4) is 0 Å². The predicted molar refractivity (Wildman–Crippen MR) is 79.6 cm³/mol. The molecule has 1 nitrogen and oxygen atoms in total. The highest BCUT2D eigenvalue weighted by Gasteiger charge is 2.11. The van der Waals surface area contributed by atoms with Crippen molar-refractivity contribution in [2.75, 3.05) is 6.54 Å². The molecular formula is C15H25NS. The number of aryl methyl sites for hydroxylation is 1. The van der Waals surface area contributed by atoms with Crippen molar-refractivity contribution in [2.24, 2.45) is 5.92 Å². The summed E-state index contributed by atoms with van der Waals surface area (Å²) in [6.07, 6.45) is 2.33. The van der Waals surface area contributed by atoms with Gasteiger partial charge in [-0.3, -0.25) is 0 Å². The van der Waals surface area contributed by atoms with Gasteiger partial charge in [-0.2, -0.15) is 0 Å². The second kappa shape index (κ2) is 5.83. The Morgan fingerprint density at radius 3 is 2.41 bits per heavy atom. The third-order valence-electron chi connectivity index (χ3n) is 2.65. The Balaban J connectivity index is 2.76. The molecule has 0 bridgehead atoms. The van der Waals surface area contributed by atoms with Crippen LogP contribution >= 0.6 is 11.3 Å². The van der Waals surface area contributed by atoms with Gasteiger partial charge in [-0.1, -0.05) is 19.4 Å².